The molecule has 7 heteroatoms. The molecule has 0 saturated carbocycles. The van der Waals surface area contributed by atoms with Crippen LogP contribution in [0, 0.1) is 6.92 Å². The van der Waals surface area contributed by atoms with Gasteiger partial charge in [0.05, 0.1) is 10.7 Å². The Kier molecular flexibility index (Phi) is 3.87. The molecule has 0 atom stereocenters. The van der Waals surface area contributed by atoms with E-state index in [1.165, 1.54) is 12.3 Å². The highest BCUT2D eigenvalue weighted by Gasteiger charge is 2.13. The van der Waals surface area contributed by atoms with Crippen LogP contribution in [0.25, 0.3) is 0 Å². The summed E-state index contributed by atoms with van der Waals surface area (Å²) in [7, 11) is 0. The molecule has 0 fully saturated rings. The topological polar surface area (TPSA) is 74.8 Å². The van der Waals surface area contributed by atoms with Crippen LogP contribution in [0.3, 0.4) is 0 Å². The van der Waals surface area contributed by atoms with Crippen molar-refractivity contribution in [3.05, 3.63) is 56.2 Å². The Labute approximate surface area is 118 Å². The molecule has 19 heavy (non-hydrogen) atoms. The molecule has 0 aliphatic carbocycles. The summed E-state index contributed by atoms with van der Waals surface area (Å²) in [5.74, 6) is -0.166. The Morgan fingerprint density at radius 2 is 2.11 bits per heavy atom. The van der Waals surface area contributed by atoms with E-state index in [2.05, 4.69) is 15.3 Å². The fourth-order valence-electron chi connectivity index (χ4n) is 1.43. The molecule has 0 spiro atoms. The smallest absolute Gasteiger partial charge is 0.263 e. The fourth-order valence-corrected chi connectivity index (χ4v) is 1.77. The van der Waals surface area contributed by atoms with Gasteiger partial charge >= 0.3 is 0 Å². The molecule has 1 aromatic heterocycles. The summed E-state index contributed by atoms with van der Waals surface area (Å²) >= 11 is 11.7. The summed E-state index contributed by atoms with van der Waals surface area (Å²) in [6.07, 6.45) is 1.21. The SMILES string of the molecule is Cc1ncc(C(=O)Nc2cc(Cl)ccc2Cl)c(=O)[nH]1. The van der Waals surface area contributed by atoms with Gasteiger partial charge in [0.2, 0.25) is 0 Å². The predicted molar refractivity (Wildman–Crippen MR) is 74.0 cm³/mol. The van der Waals surface area contributed by atoms with Gasteiger partial charge in [0.1, 0.15) is 11.4 Å². The third-order valence-electron chi connectivity index (χ3n) is 2.35. The number of nitrogens with one attached hydrogen (secondary N) is 2. The molecule has 2 N–H and O–H groups in total. The van der Waals surface area contributed by atoms with E-state index < -0.39 is 11.5 Å². The minimum absolute atomic E-state index is 0.0957. The molecule has 1 aromatic carbocycles. The summed E-state index contributed by atoms with van der Waals surface area (Å²) in [6.45, 7) is 1.62. The molecular formula is C12H9Cl2N3O2. The van der Waals surface area contributed by atoms with Crippen molar-refractivity contribution in [3.63, 3.8) is 0 Å². The van der Waals surface area contributed by atoms with Crippen LogP contribution in [-0.4, -0.2) is 15.9 Å². The van der Waals surface area contributed by atoms with Crippen molar-refractivity contribution >= 4 is 34.8 Å². The van der Waals surface area contributed by atoms with Gasteiger partial charge in [-0.15, -0.1) is 0 Å². The molecule has 2 rings (SSSR count). The molecule has 1 heterocycles. The lowest BCUT2D eigenvalue weighted by molar-refractivity contribution is 0.102. The number of rotatable bonds is 2. The number of aryl methyl sites for hydroxylation is 1. The largest absolute Gasteiger partial charge is 0.320 e. The van der Waals surface area contributed by atoms with Gasteiger partial charge in [-0.2, -0.15) is 0 Å². The molecule has 0 saturated heterocycles. The minimum atomic E-state index is -0.599. The van der Waals surface area contributed by atoms with Gasteiger partial charge in [-0.25, -0.2) is 4.98 Å². The summed E-state index contributed by atoms with van der Waals surface area (Å²) in [5.41, 5.74) is -0.274. The lowest BCUT2D eigenvalue weighted by Crippen LogP contribution is -2.24. The van der Waals surface area contributed by atoms with Crippen LogP contribution < -0.4 is 10.9 Å². The van der Waals surface area contributed by atoms with E-state index in [1.54, 1.807) is 19.1 Å². The van der Waals surface area contributed by atoms with Crippen LogP contribution >= 0.6 is 23.2 Å². The van der Waals surface area contributed by atoms with Gasteiger partial charge in [-0.05, 0) is 25.1 Å². The van der Waals surface area contributed by atoms with Crippen molar-refractivity contribution < 1.29 is 4.79 Å². The molecule has 98 valence electrons. The number of hydrogen-bond donors (Lipinski definition) is 2. The monoisotopic (exact) mass is 297 g/mol. The molecule has 5 nitrogen and oxygen atoms in total. The average Bonchev–Trinajstić information content (AvgIpc) is 2.33. The van der Waals surface area contributed by atoms with Gasteiger partial charge in [-0.1, -0.05) is 23.2 Å². The number of carbonyl (C=O) groups is 1. The summed E-state index contributed by atoms with van der Waals surface area (Å²) in [4.78, 5) is 29.9. The van der Waals surface area contributed by atoms with Crippen molar-refractivity contribution in [3.8, 4) is 0 Å². The van der Waals surface area contributed by atoms with Gasteiger partial charge < -0.3 is 10.3 Å². The standard InChI is InChI=1S/C12H9Cl2N3O2/c1-6-15-5-8(11(18)16-6)12(19)17-10-4-7(13)2-3-9(10)14/h2-5H,1H3,(H,17,19)(H,15,16,18). The number of hydrogen-bond acceptors (Lipinski definition) is 3. The zero-order valence-corrected chi connectivity index (χ0v) is 11.3. The van der Waals surface area contributed by atoms with Crippen molar-refractivity contribution in [1.29, 1.82) is 0 Å². The maximum absolute atomic E-state index is 11.9. The Morgan fingerprint density at radius 3 is 2.79 bits per heavy atom. The number of carbonyl (C=O) groups excluding carboxylic acids is 1. The van der Waals surface area contributed by atoms with Crippen molar-refractivity contribution in [2.24, 2.45) is 0 Å². The Balaban J connectivity index is 2.31. The van der Waals surface area contributed by atoms with Crippen LogP contribution in [0.15, 0.2) is 29.2 Å². The maximum atomic E-state index is 11.9. The molecule has 2 aromatic rings. The molecule has 0 radical (unpaired) electrons. The van der Waals surface area contributed by atoms with Crippen LogP contribution in [-0.2, 0) is 0 Å². The van der Waals surface area contributed by atoms with E-state index in [0.29, 0.717) is 21.6 Å². The zero-order valence-electron chi connectivity index (χ0n) is 9.83. The quantitative estimate of drug-likeness (QED) is 0.895. The van der Waals surface area contributed by atoms with Crippen LogP contribution in [0.4, 0.5) is 5.69 Å². The van der Waals surface area contributed by atoms with E-state index in [9.17, 15) is 9.59 Å². The number of aromatic nitrogens is 2. The number of anilines is 1. The molecule has 0 unspecified atom stereocenters. The first-order chi connectivity index (χ1) is 8.97. The van der Waals surface area contributed by atoms with Gasteiger partial charge in [0.15, 0.2) is 0 Å². The average molecular weight is 298 g/mol. The third-order valence-corrected chi connectivity index (χ3v) is 2.91. The second-order valence-corrected chi connectivity index (χ2v) is 4.63. The normalized spacial score (nSPS) is 10.3. The van der Waals surface area contributed by atoms with E-state index in [-0.39, 0.29) is 5.56 Å². The molecule has 0 aliphatic heterocycles. The number of H-pyrrole nitrogens is 1. The molecule has 0 bridgehead atoms. The number of nitrogens with zero attached hydrogens (tertiary/aromatic N) is 1. The first kappa shape index (κ1) is 13.6. The lowest BCUT2D eigenvalue weighted by atomic mass is 10.2. The number of benzene rings is 1. The van der Waals surface area contributed by atoms with Gasteiger partial charge in [-0.3, -0.25) is 9.59 Å². The maximum Gasteiger partial charge on any atom is 0.263 e. The molecule has 1 amide bonds. The highest BCUT2D eigenvalue weighted by molar-refractivity contribution is 6.35. The Hall–Kier alpha value is -1.85. The highest BCUT2D eigenvalue weighted by atomic mass is 35.5. The second-order valence-electron chi connectivity index (χ2n) is 3.79. The third kappa shape index (κ3) is 3.13. The minimum Gasteiger partial charge on any atom is -0.320 e. The van der Waals surface area contributed by atoms with Crippen LogP contribution in [0.1, 0.15) is 16.2 Å². The van der Waals surface area contributed by atoms with E-state index in [1.807, 2.05) is 0 Å². The van der Waals surface area contributed by atoms with E-state index in [4.69, 9.17) is 23.2 Å². The Bertz CT molecular complexity index is 698. The molecule has 0 aliphatic rings. The van der Waals surface area contributed by atoms with Crippen molar-refractivity contribution in [2.45, 2.75) is 6.92 Å². The number of aromatic amines is 1. The first-order valence-electron chi connectivity index (χ1n) is 5.29. The van der Waals surface area contributed by atoms with Gasteiger partial charge in [0.25, 0.3) is 11.5 Å². The van der Waals surface area contributed by atoms with E-state index in [0.717, 1.165) is 0 Å². The second kappa shape index (κ2) is 5.42. The summed E-state index contributed by atoms with van der Waals surface area (Å²) in [6, 6.07) is 4.65. The van der Waals surface area contributed by atoms with Crippen LogP contribution in [0.5, 0.6) is 0 Å². The summed E-state index contributed by atoms with van der Waals surface area (Å²) < 4.78 is 0. The van der Waals surface area contributed by atoms with Crippen molar-refractivity contribution in [2.75, 3.05) is 5.32 Å². The summed E-state index contributed by atoms with van der Waals surface area (Å²) in [5, 5.41) is 3.27. The fraction of sp³-hybridized carbons (Fsp3) is 0.0833. The van der Waals surface area contributed by atoms with Crippen molar-refractivity contribution in [1.82, 2.24) is 9.97 Å². The molecular weight excluding hydrogens is 289 g/mol. The lowest BCUT2D eigenvalue weighted by Gasteiger charge is -2.07. The zero-order chi connectivity index (χ0) is 14.0. The number of halogens is 2. The predicted octanol–water partition coefficient (Wildman–Crippen LogP) is 2.64. The van der Waals surface area contributed by atoms with E-state index >= 15 is 0 Å². The first-order valence-corrected chi connectivity index (χ1v) is 6.05. The number of amides is 1. The van der Waals surface area contributed by atoms with Crippen LogP contribution in [0.2, 0.25) is 10.0 Å². The van der Waals surface area contributed by atoms with Gasteiger partial charge in [0, 0.05) is 11.2 Å². The highest BCUT2D eigenvalue weighted by Crippen LogP contribution is 2.25. The Morgan fingerprint density at radius 1 is 1.37 bits per heavy atom.